The van der Waals surface area contributed by atoms with Crippen molar-refractivity contribution < 1.29 is 70.7 Å². The van der Waals surface area contributed by atoms with Crippen LogP contribution in [-0.4, -0.2) is 4.98 Å². The number of halogens is 4. The molecule has 0 spiro atoms. The predicted octanol–water partition coefficient (Wildman–Crippen LogP) is -11.0. The zero-order chi connectivity index (χ0) is 5.98. The smallest absolute Gasteiger partial charge is 1.00 e. The Morgan fingerprint density at radius 3 is 1.85 bits per heavy atom. The van der Waals surface area contributed by atoms with Crippen LogP contribution in [0.3, 0.4) is 0 Å². The molecule has 82 valence electrons. The Bertz CT molecular complexity index is 182. The van der Waals surface area contributed by atoms with E-state index in [4.69, 9.17) is 5.73 Å². The van der Waals surface area contributed by atoms with Crippen LogP contribution in [0.5, 0.6) is 0 Å². The monoisotopic (exact) mass is 443 g/mol. The molecule has 0 aliphatic carbocycles. The van der Waals surface area contributed by atoms with E-state index in [0.717, 1.165) is 5.56 Å². The van der Waals surface area contributed by atoms with Crippen molar-refractivity contribution in [3.05, 3.63) is 23.9 Å². The average molecular weight is 445 g/mol. The van der Waals surface area contributed by atoms with E-state index in [0.29, 0.717) is 5.82 Å². The molecule has 0 saturated heterocycles. The molecule has 1 aromatic rings. The molecule has 0 unspecified atom stereocenters. The van der Waals surface area contributed by atoms with Gasteiger partial charge in [-0.3, -0.25) is 0 Å². The van der Waals surface area contributed by atoms with Crippen LogP contribution in [0.4, 0.5) is 5.82 Å². The van der Waals surface area contributed by atoms with Gasteiger partial charge in [-0.1, -0.05) is 0 Å². The van der Waals surface area contributed by atoms with Crippen molar-refractivity contribution in [2.75, 3.05) is 5.73 Å². The molecule has 1 rings (SSSR count). The summed E-state index contributed by atoms with van der Waals surface area (Å²) < 4.78 is 0. The standard InChI is InChI=1S/C6H8N2.4ClH.Pt/c1-5-2-3-8-6(7)4-5;;;;;/h2-4H,1H3,(H2,7,8);4*1H;/q;;;;;+2/p-4. The van der Waals surface area contributed by atoms with E-state index >= 15 is 0 Å². The fraction of sp³-hybridized carbons (Fsp3) is 0.167. The number of aryl methyl sites for hydroxylation is 1. The summed E-state index contributed by atoms with van der Waals surface area (Å²) in [5.74, 6) is 0.588. The Hall–Kier alpha value is 0.798. The molecule has 0 atom stereocenters. The van der Waals surface area contributed by atoms with Gasteiger partial charge in [-0.25, -0.2) is 4.98 Å². The van der Waals surface area contributed by atoms with Crippen LogP contribution in [0.1, 0.15) is 5.56 Å². The van der Waals surface area contributed by atoms with Crippen LogP contribution in [0.15, 0.2) is 18.3 Å². The third-order valence-corrected chi connectivity index (χ3v) is 0.937. The van der Waals surface area contributed by atoms with E-state index in [-0.39, 0.29) is 70.7 Å². The fourth-order valence-electron chi connectivity index (χ4n) is 0.560. The van der Waals surface area contributed by atoms with Gasteiger partial charge in [-0.05, 0) is 24.6 Å². The van der Waals surface area contributed by atoms with Crippen molar-refractivity contribution in [1.82, 2.24) is 4.98 Å². The van der Waals surface area contributed by atoms with Crippen LogP contribution < -0.4 is 55.4 Å². The molecular formula is C6H8Cl4N2Pt-2. The van der Waals surface area contributed by atoms with Gasteiger partial charge < -0.3 is 55.4 Å². The molecule has 1 aromatic heterocycles. The summed E-state index contributed by atoms with van der Waals surface area (Å²) in [6.07, 6.45) is 1.70. The molecule has 2 N–H and O–H groups in total. The van der Waals surface area contributed by atoms with E-state index < -0.39 is 0 Å². The maximum atomic E-state index is 5.35. The molecule has 0 aliphatic heterocycles. The Morgan fingerprint density at radius 1 is 1.15 bits per heavy atom. The Morgan fingerprint density at radius 2 is 1.62 bits per heavy atom. The molecule has 0 amide bonds. The quantitative estimate of drug-likeness (QED) is 0.431. The number of nitrogen functional groups attached to an aromatic ring is 1. The Labute approximate surface area is 117 Å². The summed E-state index contributed by atoms with van der Waals surface area (Å²) in [5, 5.41) is 0. The minimum absolute atomic E-state index is 0. The molecule has 1 heterocycles. The van der Waals surface area contributed by atoms with Crippen LogP contribution in [-0.2, 0) is 21.1 Å². The second kappa shape index (κ2) is 15.3. The molecule has 0 aliphatic rings. The third-order valence-electron chi connectivity index (χ3n) is 0.937. The minimum Gasteiger partial charge on any atom is -1.00 e. The number of anilines is 1. The van der Waals surface area contributed by atoms with Crippen molar-refractivity contribution in [3.8, 4) is 0 Å². The van der Waals surface area contributed by atoms with Gasteiger partial charge in [0.25, 0.3) is 0 Å². The number of hydrogen-bond acceptors (Lipinski definition) is 2. The van der Waals surface area contributed by atoms with E-state index in [9.17, 15) is 0 Å². The van der Waals surface area contributed by atoms with Crippen molar-refractivity contribution in [1.29, 1.82) is 0 Å². The van der Waals surface area contributed by atoms with Crippen LogP contribution in [0, 0.1) is 6.92 Å². The number of aromatic nitrogens is 1. The predicted molar refractivity (Wildman–Crippen MR) is 33.4 cm³/mol. The Balaban J connectivity index is -0.0000000427. The molecule has 0 aromatic carbocycles. The van der Waals surface area contributed by atoms with E-state index in [1.54, 1.807) is 6.20 Å². The second-order valence-corrected chi connectivity index (χ2v) is 1.76. The van der Waals surface area contributed by atoms with Gasteiger partial charge in [-0.2, -0.15) is 0 Å². The minimum atomic E-state index is 0. The van der Waals surface area contributed by atoms with Gasteiger partial charge >= 0.3 is 21.1 Å². The van der Waals surface area contributed by atoms with Crippen LogP contribution in [0.25, 0.3) is 0 Å². The SMILES string of the molecule is Cc1ccnc(N)c1.[Cl-].[Cl-].[Cl-].[Cl-].[Pt+2]. The molecule has 2 nitrogen and oxygen atoms in total. The van der Waals surface area contributed by atoms with Gasteiger partial charge in [0.05, 0.1) is 0 Å². The normalized spacial score (nSPS) is 5.62. The van der Waals surface area contributed by atoms with Crippen molar-refractivity contribution in [2.24, 2.45) is 0 Å². The first-order valence-corrected chi connectivity index (χ1v) is 2.47. The van der Waals surface area contributed by atoms with Gasteiger partial charge in [0.1, 0.15) is 5.82 Å². The van der Waals surface area contributed by atoms with Gasteiger partial charge in [0, 0.05) is 6.20 Å². The van der Waals surface area contributed by atoms with E-state index in [2.05, 4.69) is 4.98 Å². The van der Waals surface area contributed by atoms with Gasteiger partial charge in [0.15, 0.2) is 0 Å². The van der Waals surface area contributed by atoms with Gasteiger partial charge in [-0.15, -0.1) is 0 Å². The molecule has 13 heavy (non-hydrogen) atoms. The first-order valence-electron chi connectivity index (χ1n) is 2.47. The second-order valence-electron chi connectivity index (χ2n) is 1.76. The number of hydrogen-bond donors (Lipinski definition) is 1. The van der Waals surface area contributed by atoms with Crippen LogP contribution >= 0.6 is 0 Å². The summed E-state index contributed by atoms with van der Waals surface area (Å²) in [6, 6.07) is 3.75. The van der Waals surface area contributed by atoms with Crippen molar-refractivity contribution in [2.45, 2.75) is 6.92 Å². The number of rotatable bonds is 0. The maximum absolute atomic E-state index is 5.35. The zero-order valence-corrected chi connectivity index (χ0v) is 11.9. The molecular weight excluding hydrogens is 437 g/mol. The van der Waals surface area contributed by atoms with E-state index in [1.807, 2.05) is 19.1 Å². The summed E-state index contributed by atoms with van der Waals surface area (Å²) in [7, 11) is 0. The Kier molecular flexibility index (Phi) is 34.3. The number of pyridine rings is 1. The molecule has 7 heteroatoms. The molecule has 0 bridgehead atoms. The first kappa shape index (κ1) is 29.2. The summed E-state index contributed by atoms with van der Waals surface area (Å²) in [4.78, 5) is 3.82. The number of nitrogens with zero attached hydrogens (tertiary/aromatic N) is 1. The van der Waals surface area contributed by atoms with Crippen LogP contribution in [0.2, 0.25) is 0 Å². The number of nitrogens with two attached hydrogens (primary N) is 1. The summed E-state index contributed by atoms with van der Waals surface area (Å²) >= 11 is 0. The average Bonchev–Trinajstić information content (AvgIpc) is 1.64. The van der Waals surface area contributed by atoms with Crippen molar-refractivity contribution >= 4 is 5.82 Å². The third kappa shape index (κ3) is 12.8. The van der Waals surface area contributed by atoms with E-state index in [1.165, 1.54) is 0 Å². The molecule has 0 saturated carbocycles. The largest absolute Gasteiger partial charge is 2.00 e. The maximum Gasteiger partial charge on any atom is 2.00 e. The molecule has 0 radical (unpaired) electrons. The fourth-order valence-corrected chi connectivity index (χ4v) is 0.560. The van der Waals surface area contributed by atoms with Crippen molar-refractivity contribution in [3.63, 3.8) is 0 Å². The summed E-state index contributed by atoms with van der Waals surface area (Å²) in [5.41, 5.74) is 6.50. The first-order chi connectivity index (χ1) is 3.79. The zero-order valence-electron chi connectivity index (χ0n) is 6.58. The molecule has 0 fully saturated rings. The van der Waals surface area contributed by atoms with Gasteiger partial charge in [0.2, 0.25) is 0 Å². The summed E-state index contributed by atoms with van der Waals surface area (Å²) in [6.45, 7) is 1.98. The topological polar surface area (TPSA) is 38.9 Å².